The monoisotopic (exact) mass is 278 g/mol. The van der Waals surface area contributed by atoms with E-state index in [9.17, 15) is 0 Å². The van der Waals surface area contributed by atoms with Crippen LogP contribution in [0.2, 0.25) is 0 Å². The lowest BCUT2D eigenvalue weighted by molar-refractivity contribution is 0.627. The largest absolute Gasteiger partial charge is 0.398 e. The Morgan fingerprint density at radius 2 is 1.90 bits per heavy atom. The summed E-state index contributed by atoms with van der Waals surface area (Å²) < 4.78 is 0. The second-order valence-electron chi connectivity index (χ2n) is 4.21. The van der Waals surface area contributed by atoms with Gasteiger partial charge in [0.05, 0.1) is 5.70 Å². The number of allylic oxidation sites excluding steroid dienone is 4. The normalized spacial score (nSPS) is 14.9. The van der Waals surface area contributed by atoms with Gasteiger partial charge in [0.25, 0.3) is 0 Å². The van der Waals surface area contributed by atoms with Gasteiger partial charge in [-0.3, -0.25) is 0 Å². The molecule has 0 heterocycles. The average Bonchev–Trinajstić information content (AvgIpc) is 2.42. The predicted octanol–water partition coefficient (Wildman–Crippen LogP) is 0.614. The van der Waals surface area contributed by atoms with Gasteiger partial charge in [0, 0.05) is 30.7 Å². The fourth-order valence-electron chi connectivity index (χ4n) is 1.40. The number of hydrazine groups is 1. The van der Waals surface area contributed by atoms with Gasteiger partial charge in [-0.25, -0.2) is 5.43 Å². The number of hydrogen-bond acceptors (Lipinski definition) is 6. The van der Waals surface area contributed by atoms with Crippen LogP contribution in [-0.2, 0) is 0 Å². The van der Waals surface area contributed by atoms with Gasteiger partial charge in [-0.1, -0.05) is 6.92 Å². The molecule has 0 atom stereocenters. The third kappa shape index (κ3) is 6.21. The van der Waals surface area contributed by atoms with Gasteiger partial charge in [-0.2, -0.15) is 0 Å². The van der Waals surface area contributed by atoms with Crippen LogP contribution in [-0.4, -0.2) is 19.3 Å². The molecule has 6 nitrogen and oxygen atoms in total. The van der Waals surface area contributed by atoms with Gasteiger partial charge in [0.1, 0.15) is 0 Å². The van der Waals surface area contributed by atoms with Crippen molar-refractivity contribution in [3.63, 3.8) is 0 Å². The molecule has 0 spiro atoms. The van der Waals surface area contributed by atoms with E-state index in [0.29, 0.717) is 17.9 Å². The minimum absolute atomic E-state index is 0.414. The van der Waals surface area contributed by atoms with E-state index in [1.807, 2.05) is 26.8 Å². The Morgan fingerprint density at radius 1 is 1.25 bits per heavy atom. The third-order valence-electron chi connectivity index (χ3n) is 2.65. The van der Waals surface area contributed by atoms with Gasteiger partial charge in [-0.05, 0) is 43.2 Å². The summed E-state index contributed by atoms with van der Waals surface area (Å²) in [7, 11) is 0. The lowest BCUT2D eigenvalue weighted by atomic mass is 10.1. The summed E-state index contributed by atoms with van der Waals surface area (Å²) in [5.74, 6) is 0. The average molecular weight is 278 g/mol. The van der Waals surface area contributed by atoms with Crippen LogP contribution >= 0.6 is 0 Å². The highest BCUT2D eigenvalue weighted by Gasteiger charge is 2.03. The molecule has 20 heavy (non-hydrogen) atoms. The van der Waals surface area contributed by atoms with Crippen LogP contribution in [0.1, 0.15) is 20.8 Å². The van der Waals surface area contributed by atoms with Gasteiger partial charge >= 0.3 is 0 Å². The predicted molar refractivity (Wildman–Crippen MR) is 85.6 cm³/mol. The molecule has 0 aliphatic heterocycles. The summed E-state index contributed by atoms with van der Waals surface area (Å²) in [5, 5.41) is 7.00. The summed E-state index contributed by atoms with van der Waals surface area (Å²) in [4.78, 5) is 0. The van der Waals surface area contributed by atoms with E-state index < -0.39 is 0 Å². The number of hydrogen-bond donors (Lipinski definition) is 6. The summed E-state index contributed by atoms with van der Waals surface area (Å²) in [6.07, 6.45) is 6.29. The minimum atomic E-state index is 0.414. The second-order valence-corrected chi connectivity index (χ2v) is 4.21. The summed E-state index contributed by atoms with van der Waals surface area (Å²) in [5.41, 5.74) is 27.1. The fraction of sp³-hybridized carbons (Fsp3) is 0.357. The Balaban J connectivity index is 5.30. The molecule has 0 unspecified atom stereocenters. The first-order valence-corrected chi connectivity index (χ1v) is 6.48. The molecule has 0 aliphatic rings. The van der Waals surface area contributed by atoms with Gasteiger partial charge < -0.3 is 28.0 Å². The minimum Gasteiger partial charge on any atom is -0.398 e. The summed E-state index contributed by atoms with van der Waals surface area (Å²) in [6.45, 7) is 6.93. The Labute approximate surface area is 120 Å². The molecule has 0 bridgehead atoms. The highest BCUT2D eigenvalue weighted by atomic mass is 15.4. The molecule has 0 saturated carbocycles. The van der Waals surface area contributed by atoms with E-state index in [1.165, 1.54) is 6.08 Å². The van der Waals surface area contributed by atoms with Crippen molar-refractivity contribution in [3.8, 4) is 0 Å². The molecule has 112 valence electrons. The Morgan fingerprint density at radius 3 is 2.40 bits per heavy atom. The standard InChI is InChI=1S/C14H26N6/c1-4-19-20-14(6-8-16)11(3)13(18)9-10(2)12(17)5-7-15/h5-7,9,15,19-20H,4,8,16-18H2,1-3H3/b10-9+,12-5-,13-11-,14-6+,15-7?. The molecule has 0 aromatic rings. The summed E-state index contributed by atoms with van der Waals surface area (Å²) >= 11 is 0. The SMILES string of the molecule is CCNNC(=C/CN)/C(C)=C(N)/C=C(C)/C(N)=C/C=N. The van der Waals surface area contributed by atoms with Gasteiger partial charge in [0.2, 0.25) is 0 Å². The molecule has 9 N–H and O–H groups in total. The van der Waals surface area contributed by atoms with Crippen molar-refractivity contribution in [1.29, 1.82) is 5.41 Å². The van der Waals surface area contributed by atoms with Gasteiger partial charge in [-0.15, -0.1) is 0 Å². The smallest absolute Gasteiger partial charge is 0.0510 e. The first kappa shape index (κ1) is 17.9. The molecule has 0 amide bonds. The first-order valence-electron chi connectivity index (χ1n) is 6.48. The maximum Gasteiger partial charge on any atom is 0.0510 e. The molecule has 0 saturated heterocycles. The van der Waals surface area contributed by atoms with Crippen molar-refractivity contribution in [1.82, 2.24) is 10.9 Å². The zero-order valence-electron chi connectivity index (χ0n) is 12.5. The van der Waals surface area contributed by atoms with Gasteiger partial charge in [0.15, 0.2) is 0 Å². The summed E-state index contributed by atoms with van der Waals surface area (Å²) in [6, 6.07) is 0. The molecule has 0 rings (SSSR count). The molecule has 6 heteroatoms. The lowest BCUT2D eigenvalue weighted by Crippen LogP contribution is -2.32. The molecular formula is C14H26N6. The highest BCUT2D eigenvalue weighted by Crippen LogP contribution is 2.12. The van der Waals surface area contributed by atoms with Crippen LogP contribution in [0.15, 0.2) is 46.5 Å². The molecule has 0 radical (unpaired) electrons. The molecule has 0 aliphatic carbocycles. The number of nitrogens with one attached hydrogen (secondary N) is 3. The van der Waals surface area contributed by atoms with Crippen LogP contribution in [0.25, 0.3) is 0 Å². The second kappa shape index (κ2) is 9.82. The van der Waals surface area contributed by atoms with E-state index in [0.717, 1.165) is 29.6 Å². The molecule has 0 aromatic carbocycles. The van der Waals surface area contributed by atoms with E-state index in [1.54, 1.807) is 6.08 Å². The Bertz CT molecular complexity index is 443. The number of nitrogens with two attached hydrogens (primary N) is 3. The maximum atomic E-state index is 7.00. The fourth-order valence-corrected chi connectivity index (χ4v) is 1.40. The van der Waals surface area contributed by atoms with Crippen LogP contribution in [0.4, 0.5) is 0 Å². The Kier molecular flexibility index (Phi) is 8.82. The zero-order valence-corrected chi connectivity index (χ0v) is 12.5. The maximum absolute atomic E-state index is 7.00. The van der Waals surface area contributed by atoms with Crippen molar-refractivity contribution in [2.75, 3.05) is 13.1 Å². The van der Waals surface area contributed by atoms with Crippen LogP contribution in [0.5, 0.6) is 0 Å². The molecular weight excluding hydrogens is 252 g/mol. The van der Waals surface area contributed by atoms with E-state index in [4.69, 9.17) is 22.6 Å². The van der Waals surface area contributed by atoms with Crippen molar-refractivity contribution in [2.45, 2.75) is 20.8 Å². The van der Waals surface area contributed by atoms with E-state index in [2.05, 4.69) is 10.9 Å². The van der Waals surface area contributed by atoms with Crippen molar-refractivity contribution < 1.29 is 0 Å². The van der Waals surface area contributed by atoms with Crippen LogP contribution < -0.4 is 28.1 Å². The number of rotatable bonds is 8. The van der Waals surface area contributed by atoms with Crippen molar-refractivity contribution >= 4 is 6.21 Å². The topological polar surface area (TPSA) is 126 Å². The van der Waals surface area contributed by atoms with E-state index >= 15 is 0 Å². The van der Waals surface area contributed by atoms with Crippen molar-refractivity contribution in [3.05, 3.63) is 46.5 Å². The van der Waals surface area contributed by atoms with Crippen LogP contribution in [0.3, 0.4) is 0 Å². The van der Waals surface area contributed by atoms with Crippen LogP contribution in [0, 0.1) is 5.41 Å². The van der Waals surface area contributed by atoms with Crippen molar-refractivity contribution in [2.24, 2.45) is 17.2 Å². The first-order chi connectivity index (χ1) is 9.47. The third-order valence-corrected chi connectivity index (χ3v) is 2.65. The zero-order chi connectivity index (χ0) is 15.5. The lowest BCUT2D eigenvalue weighted by Gasteiger charge is -2.14. The quantitative estimate of drug-likeness (QED) is 0.220. The Hall–Kier alpha value is -2.05. The molecule has 0 fully saturated rings. The highest BCUT2D eigenvalue weighted by molar-refractivity contribution is 5.70. The molecule has 0 aromatic heterocycles. The van der Waals surface area contributed by atoms with E-state index in [-0.39, 0.29) is 0 Å².